The highest BCUT2D eigenvalue weighted by Crippen LogP contribution is 2.43. The molecule has 72 heavy (non-hydrogen) atoms. The minimum absolute atomic E-state index is 0.0392. The molecule has 0 aromatic heterocycles. The van der Waals surface area contributed by atoms with E-state index in [-0.39, 0.29) is 31.5 Å². The van der Waals surface area contributed by atoms with Crippen LogP contribution in [0.5, 0.6) is 0 Å². The summed E-state index contributed by atoms with van der Waals surface area (Å²) in [5, 5.41) is 3.06. The van der Waals surface area contributed by atoms with Crippen molar-refractivity contribution in [3.8, 4) is 0 Å². The summed E-state index contributed by atoms with van der Waals surface area (Å²) in [6, 6.07) is -0.850. The van der Waals surface area contributed by atoms with Crippen molar-refractivity contribution in [2.45, 2.75) is 296 Å². The van der Waals surface area contributed by atoms with Crippen molar-refractivity contribution in [1.29, 1.82) is 0 Å². The summed E-state index contributed by atoms with van der Waals surface area (Å²) in [6.07, 6.45) is 63.9. The molecule has 0 fully saturated rings. The van der Waals surface area contributed by atoms with Gasteiger partial charge in [0.25, 0.3) is 0 Å². The predicted octanol–water partition coefficient (Wildman–Crippen LogP) is 18.5. The van der Waals surface area contributed by atoms with Gasteiger partial charge in [-0.15, -0.1) is 0 Å². The van der Waals surface area contributed by atoms with Crippen molar-refractivity contribution in [2.24, 2.45) is 0 Å². The third-order valence-corrected chi connectivity index (χ3v) is 14.6. The number of hydrogen-bond acceptors (Lipinski definition) is 6. The Balaban J connectivity index is 5.25. The van der Waals surface area contributed by atoms with E-state index in [0.717, 1.165) is 77.0 Å². The number of carbonyl (C=O) groups excluding carboxylic acids is 2. The van der Waals surface area contributed by atoms with Crippen molar-refractivity contribution in [3.63, 3.8) is 0 Å². The minimum atomic E-state index is -4.45. The number of carbonyl (C=O) groups is 2. The molecule has 0 aliphatic carbocycles. The molecule has 0 aliphatic heterocycles. The predicted molar refractivity (Wildman–Crippen MR) is 309 cm³/mol. The van der Waals surface area contributed by atoms with Gasteiger partial charge in [-0.3, -0.25) is 18.6 Å². The molecule has 0 aliphatic rings. The van der Waals surface area contributed by atoms with Gasteiger partial charge in [0, 0.05) is 12.8 Å². The smallest absolute Gasteiger partial charge is 0.456 e. The van der Waals surface area contributed by atoms with Crippen LogP contribution in [0.2, 0.25) is 0 Å². The second kappa shape index (κ2) is 52.4. The van der Waals surface area contributed by atoms with Crippen LogP contribution >= 0.6 is 7.82 Å². The highest BCUT2D eigenvalue weighted by molar-refractivity contribution is 7.47. The average molecular weight is 1030 g/mol. The second-order valence-corrected chi connectivity index (χ2v) is 23.4. The maximum Gasteiger partial charge on any atom is 0.472 e. The van der Waals surface area contributed by atoms with Crippen LogP contribution in [0.3, 0.4) is 0 Å². The molecule has 0 aromatic rings. The summed E-state index contributed by atoms with van der Waals surface area (Å²) in [6.45, 7) is 6.90. The molecular formula is C62H118N2O7P+. The van der Waals surface area contributed by atoms with E-state index in [9.17, 15) is 19.0 Å². The molecule has 0 aromatic carbocycles. The van der Waals surface area contributed by atoms with Crippen LogP contribution in [0.1, 0.15) is 284 Å². The Morgan fingerprint density at radius 2 is 0.889 bits per heavy atom. The zero-order valence-corrected chi connectivity index (χ0v) is 49.1. The molecular weight excluding hydrogens is 916 g/mol. The van der Waals surface area contributed by atoms with Crippen LogP contribution in [0.25, 0.3) is 0 Å². The number of esters is 1. The van der Waals surface area contributed by atoms with Gasteiger partial charge in [0.2, 0.25) is 5.91 Å². The monoisotopic (exact) mass is 1030 g/mol. The highest BCUT2D eigenvalue weighted by atomic mass is 31.2. The lowest BCUT2D eigenvalue weighted by molar-refractivity contribution is -0.870. The number of phosphoric acid groups is 1. The fourth-order valence-electron chi connectivity index (χ4n) is 8.88. The van der Waals surface area contributed by atoms with Gasteiger partial charge in [0.05, 0.1) is 33.8 Å². The number of nitrogens with one attached hydrogen (secondary N) is 1. The van der Waals surface area contributed by atoms with Crippen LogP contribution in [0.4, 0.5) is 0 Å². The lowest BCUT2D eigenvalue weighted by Crippen LogP contribution is -2.47. The Morgan fingerprint density at radius 1 is 0.500 bits per heavy atom. The van der Waals surface area contributed by atoms with Crippen LogP contribution in [-0.4, -0.2) is 74.3 Å². The van der Waals surface area contributed by atoms with Gasteiger partial charge in [-0.25, -0.2) is 4.57 Å². The van der Waals surface area contributed by atoms with E-state index in [4.69, 9.17) is 13.8 Å². The number of likely N-dealkylation sites (N-methyl/N-ethyl adjacent to an activating group) is 1. The lowest BCUT2D eigenvalue weighted by atomic mass is 10.0. The van der Waals surface area contributed by atoms with Crippen LogP contribution in [-0.2, 0) is 27.9 Å². The number of allylic oxidation sites excluding steroid dienone is 7. The molecule has 422 valence electrons. The maximum absolute atomic E-state index is 13.5. The summed E-state index contributed by atoms with van der Waals surface area (Å²) in [4.78, 5) is 37.7. The third kappa shape index (κ3) is 52.8. The standard InChI is InChI=1S/C62H117N2O7P/c1-7-10-13-16-19-22-25-28-30-31-32-33-35-36-39-42-45-48-51-54-61(65)63-59(58-70-72(67,68)69-57-56-64(4,5)6)60(53-50-47-44-41-38-27-24-21-18-15-12-9-3)71-62(66)55-52-49-46-43-40-37-34-29-26-23-20-17-14-11-8-2/h11,14,17,20,23,26,50,53,59-60H,7-10,12-13,15-16,18-19,21-22,24-25,27-49,51-52,54-58H2,1-6H3,(H-,63,65,67,68)/p+1/b14-11+,20-17+,26-23+,53-50+. The van der Waals surface area contributed by atoms with Crippen molar-refractivity contribution in [3.05, 3.63) is 48.6 Å². The normalized spacial score (nSPS) is 14.0. The van der Waals surface area contributed by atoms with Crippen molar-refractivity contribution in [1.82, 2.24) is 5.32 Å². The van der Waals surface area contributed by atoms with E-state index in [1.165, 1.54) is 173 Å². The van der Waals surface area contributed by atoms with Gasteiger partial charge in [0.1, 0.15) is 19.3 Å². The molecule has 0 saturated heterocycles. The summed E-state index contributed by atoms with van der Waals surface area (Å²) in [5.41, 5.74) is 0. The van der Waals surface area contributed by atoms with Gasteiger partial charge in [-0.1, -0.05) is 269 Å². The fraction of sp³-hybridized carbons (Fsp3) is 0.839. The summed E-state index contributed by atoms with van der Waals surface area (Å²) in [5.74, 6) is -0.509. The van der Waals surface area contributed by atoms with E-state index >= 15 is 0 Å². The molecule has 0 bridgehead atoms. The molecule has 1 amide bonds. The van der Waals surface area contributed by atoms with Crippen molar-refractivity contribution in [2.75, 3.05) is 40.9 Å². The minimum Gasteiger partial charge on any atom is -0.456 e. The molecule has 0 rings (SSSR count). The number of hydrogen-bond donors (Lipinski definition) is 2. The number of unbranched alkanes of at least 4 members (excludes halogenated alkanes) is 35. The Labute approximate surface area is 446 Å². The molecule has 0 radical (unpaired) electrons. The molecule has 0 heterocycles. The molecule has 3 unspecified atom stereocenters. The molecule has 2 N–H and O–H groups in total. The number of quaternary nitrogens is 1. The fourth-order valence-corrected chi connectivity index (χ4v) is 9.62. The van der Waals surface area contributed by atoms with E-state index in [1.54, 1.807) is 0 Å². The van der Waals surface area contributed by atoms with E-state index in [2.05, 4.69) is 62.5 Å². The van der Waals surface area contributed by atoms with Crippen LogP contribution in [0.15, 0.2) is 48.6 Å². The Hall–Kier alpha value is -2.03. The van der Waals surface area contributed by atoms with Crippen molar-refractivity contribution < 1.29 is 37.3 Å². The van der Waals surface area contributed by atoms with Gasteiger partial charge >= 0.3 is 13.8 Å². The van der Waals surface area contributed by atoms with Gasteiger partial charge < -0.3 is 19.4 Å². The lowest BCUT2D eigenvalue weighted by Gasteiger charge is -2.27. The maximum atomic E-state index is 13.5. The first-order valence-electron chi connectivity index (χ1n) is 30.5. The van der Waals surface area contributed by atoms with E-state index in [1.807, 2.05) is 33.3 Å². The molecule has 9 nitrogen and oxygen atoms in total. The van der Waals surface area contributed by atoms with Crippen molar-refractivity contribution >= 4 is 19.7 Å². The SMILES string of the molecule is CC/C=C/C=C/C=C/CCCCCCCCCC(=O)OC(/C=C/CCCCCCCCCCCC)C(COP(=O)(O)OCC[N+](C)(C)C)NC(=O)CCCCCCCCCCCCCCCCCCCCC. The summed E-state index contributed by atoms with van der Waals surface area (Å²) >= 11 is 0. The first kappa shape index (κ1) is 70.0. The Morgan fingerprint density at radius 3 is 1.32 bits per heavy atom. The molecule has 0 spiro atoms. The first-order valence-corrected chi connectivity index (χ1v) is 32.0. The van der Waals surface area contributed by atoms with Gasteiger partial charge in [-0.2, -0.15) is 0 Å². The number of nitrogens with zero attached hydrogens (tertiary/aromatic N) is 1. The largest absolute Gasteiger partial charge is 0.472 e. The van der Waals surface area contributed by atoms with Gasteiger partial charge in [-0.05, 0) is 51.0 Å². The van der Waals surface area contributed by atoms with E-state index < -0.39 is 20.0 Å². The number of phosphoric ester groups is 1. The highest BCUT2D eigenvalue weighted by Gasteiger charge is 2.30. The number of ether oxygens (including phenoxy) is 1. The third-order valence-electron chi connectivity index (χ3n) is 13.6. The second-order valence-electron chi connectivity index (χ2n) is 21.9. The molecule has 0 saturated carbocycles. The van der Waals surface area contributed by atoms with Crippen LogP contribution in [0, 0.1) is 0 Å². The topological polar surface area (TPSA) is 111 Å². The first-order chi connectivity index (χ1) is 34.9. The number of rotatable bonds is 55. The summed E-state index contributed by atoms with van der Waals surface area (Å²) in [7, 11) is 1.50. The zero-order chi connectivity index (χ0) is 52.9. The Kier molecular flexibility index (Phi) is 50.9. The zero-order valence-electron chi connectivity index (χ0n) is 48.2. The van der Waals surface area contributed by atoms with Crippen LogP contribution < -0.4 is 5.32 Å². The Bertz CT molecular complexity index is 1380. The quantitative estimate of drug-likeness (QED) is 0.0156. The average Bonchev–Trinajstić information content (AvgIpc) is 3.34. The molecule has 10 heteroatoms. The summed E-state index contributed by atoms with van der Waals surface area (Å²) < 4.78 is 30.7. The number of amides is 1. The van der Waals surface area contributed by atoms with E-state index in [0.29, 0.717) is 17.4 Å². The molecule has 3 atom stereocenters. The van der Waals surface area contributed by atoms with Gasteiger partial charge in [0.15, 0.2) is 0 Å².